The molecule has 0 aromatic heterocycles. The Balaban J connectivity index is 1.52. The monoisotopic (exact) mass is 825 g/mol. The van der Waals surface area contributed by atoms with Crippen molar-refractivity contribution in [3.05, 3.63) is 130 Å². The number of carbonyl (C=O) groups is 1. The molecular weight excluding hydrogens is 770 g/mol. The number of nitrogens with zero attached hydrogens (tertiary/aromatic N) is 3. The molecule has 1 heterocycles. The molecule has 1 aliphatic heterocycles. The van der Waals surface area contributed by atoms with Gasteiger partial charge in [0.25, 0.3) is 5.69 Å². The largest absolute Gasteiger partial charge is 0.489 e. The number of ether oxygens (including phenoxy) is 3. The lowest BCUT2D eigenvalue weighted by Crippen LogP contribution is -2.70. The van der Waals surface area contributed by atoms with Crippen molar-refractivity contribution in [2.75, 3.05) is 33.5 Å². The van der Waals surface area contributed by atoms with E-state index in [1.165, 1.54) is 31.4 Å². The van der Waals surface area contributed by atoms with E-state index in [1.54, 1.807) is 53.5 Å². The number of aliphatic hydroxyl groups excluding tert-OH is 2. The maximum Gasteiger partial charge on any atom is 0.269 e. The minimum atomic E-state index is -1.43. The van der Waals surface area contributed by atoms with Crippen LogP contribution in [0.25, 0.3) is 6.08 Å². The number of carbonyl (C=O) groups excluding carboxylic acids is 1. The van der Waals surface area contributed by atoms with Gasteiger partial charge >= 0.3 is 0 Å². The maximum atomic E-state index is 14.7. The highest BCUT2D eigenvalue weighted by atomic mass is 19.1. The van der Waals surface area contributed by atoms with Crippen molar-refractivity contribution >= 4 is 23.4 Å². The molecule has 6 rings (SSSR count). The summed E-state index contributed by atoms with van der Waals surface area (Å²) in [6.45, 7) is 6.62. The van der Waals surface area contributed by atoms with E-state index in [-0.39, 0.29) is 68.0 Å². The van der Waals surface area contributed by atoms with Crippen LogP contribution in [0.5, 0.6) is 11.5 Å². The normalized spacial score (nSPS) is 23.6. The second-order valence-electron chi connectivity index (χ2n) is 15.5. The van der Waals surface area contributed by atoms with Gasteiger partial charge in [-0.3, -0.25) is 14.9 Å². The summed E-state index contributed by atoms with van der Waals surface area (Å²) in [5.74, 6) is -1.67. The van der Waals surface area contributed by atoms with Gasteiger partial charge in [-0.25, -0.2) is 4.39 Å². The number of nitro benzene ring substituents is 1. The topological polar surface area (TPSA) is 153 Å². The van der Waals surface area contributed by atoms with Crippen LogP contribution < -0.4 is 9.47 Å². The standard InChI is InChI=1S/C47H56FN3O9/c1-4-24-50(44(54)23-18-32-16-19-35(20-17-32)51(55)56)43-30-41(49-57-3)38-28-33(12-8-10-25-52)37(14-9-11-26-53)45-39-29-36(58-31-34-13-6-7-15-40(34)48)21-22-42(39)60-47(43,46(38)45)59-27-5-2/h5-7,13,15-23,28-29,33,37,43,45-46,52-53H,2,4,8-12,14,24-27,30-31H2,1,3H3. The highest BCUT2D eigenvalue weighted by Crippen LogP contribution is 2.62. The number of unbranched alkanes of at least 4 members (excludes halogenated alkanes) is 2. The fourth-order valence-corrected chi connectivity index (χ4v) is 9.26. The number of oxime groups is 1. The lowest BCUT2D eigenvalue weighted by Gasteiger charge is -2.60. The van der Waals surface area contributed by atoms with Crippen LogP contribution in [0.1, 0.15) is 80.9 Å². The van der Waals surface area contributed by atoms with Crippen LogP contribution in [0.15, 0.2) is 102 Å². The average Bonchev–Trinajstić information content (AvgIpc) is 3.25. The number of rotatable bonds is 21. The molecule has 0 bridgehead atoms. The number of nitro groups is 1. The van der Waals surface area contributed by atoms with Gasteiger partial charge in [0, 0.05) is 61.4 Å². The molecule has 6 unspecified atom stereocenters. The Labute approximate surface area is 351 Å². The molecule has 0 spiro atoms. The van der Waals surface area contributed by atoms with Crippen LogP contribution in [-0.4, -0.2) is 77.0 Å². The molecule has 3 aromatic carbocycles. The van der Waals surface area contributed by atoms with Gasteiger partial charge < -0.3 is 34.2 Å². The van der Waals surface area contributed by atoms with E-state index in [1.807, 2.05) is 19.1 Å². The third kappa shape index (κ3) is 9.64. The Kier molecular flexibility index (Phi) is 15.3. The molecule has 1 fully saturated rings. The number of amides is 1. The summed E-state index contributed by atoms with van der Waals surface area (Å²) in [4.78, 5) is 32.7. The summed E-state index contributed by atoms with van der Waals surface area (Å²) in [6, 6.07) is 17.4. The van der Waals surface area contributed by atoms with Crippen LogP contribution in [-0.2, 0) is 21.0 Å². The number of benzene rings is 3. The first-order chi connectivity index (χ1) is 29.2. The van der Waals surface area contributed by atoms with Crippen molar-refractivity contribution in [2.45, 2.75) is 82.6 Å². The van der Waals surface area contributed by atoms with Gasteiger partial charge in [0.05, 0.1) is 23.2 Å². The van der Waals surface area contributed by atoms with Crippen molar-refractivity contribution in [3.8, 4) is 11.5 Å². The molecular formula is C47H56FN3O9. The molecule has 13 heteroatoms. The number of aliphatic hydroxyl groups is 2. The van der Waals surface area contributed by atoms with Gasteiger partial charge in [0.15, 0.2) is 0 Å². The zero-order valence-electron chi connectivity index (χ0n) is 34.4. The molecule has 2 aliphatic carbocycles. The average molecular weight is 826 g/mol. The Hall–Kier alpha value is -5.37. The third-order valence-corrected chi connectivity index (χ3v) is 11.8. The second kappa shape index (κ2) is 20.7. The lowest BCUT2D eigenvalue weighted by molar-refractivity contribution is -0.384. The van der Waals surface area contributed by atoms with Crippen LogP contribution in [0.3, 0.4) is 0 Å². The summed E-state index contributed by atoms with van der Waals surface area (Å²) in [5.41, 5.74) is 3.47. The Morgan fingerprint density at radius 2 is 1.83 bits per heavy atom. The Morgan fingerprint density at radius 3 is 2.52 bits per heavy atom. The van der Waals surface area contributed by atoms with E-state index in [4.69, 9.17) is 19.0 Å². The predicted molar refractivity (Wildman–Crippen MR) is 227 cm³/mol. The first kappa shape index (κ1) is 44.2. The van der Waals surface area contributed by atoms with Crippen LogP contribution in [0, 0.1) is 33.7 Å². The minimum absolute atomic E-state index is 0.0140. The van der Waals surface area contributed by atoms with Gasteiger partial charge in [-0.05, 0) is 97.6 Å². The molecule has 3 aromatic rings. The summed E-state index contributed by atoms with van der Waals surface area (Å²) >= 11 is 0. The summed E-state index contributed by atoms with van der Waals surface area (Å²) in [6.07, 6.45) is 12.3. The van der Waals surface area contributed by atoms with Crippen molar-refractivity contribution in [1.29, 1.82) is 0 Å². The summed E-state index contributed by atoms with van der Waals surface area (Å²) in [7, 11) is 1.50. The first-order valence-corrected chi connectivity index (χ1v) is 20.9. The molecule has 60 heavy (non-hydrogen) atoms. The highest BCUT2D eigenvalue weighted by Gasteiger charge is 2.65. The lowest BCUT2D eigenvalue weighted by atomic mass is 9.55. The first-order valence-electron chi connectivity index (χ1n) is 20.9. The third-order valence-electron chi connectivity index (χ3n) is 11.8. The molecule has 1 amide bonds. The van der Waals surface area contributed by atoms with E-state index in [0.29, 0.717) is 54.1 Å². The summed E-state index contributed by atoms with van der Waals surface area (Å²) < 4.78 is 35.2. The number of non-ortho nitro benzene ring substituents is 1. The number of hydrogen-bond donors (Lipinski definition) is 2. The molecule has 0 radical (unpaired) electrons. The molecule has 2 N–H and O–H groups in total. The van der Waals surface area contributed by atoms with Crippen molar-refractivity contribution in [2.24, 2.45) is 22.9 Å². The zero-order valence-corrected chi connectivity index (χ0v) is 34.4. The van der Waals surface area contributed by atoms with E-state index >= 15 is 0 Å². The maximum absolute atomic E-state index is 14.7. The second-order valence-corrected chi connectivity index (χ2v) is 15.5. The van der Waals surface area contributed by atoms with E-state index < -0.39 is 22.7 Å². The number of hydrogen-bond acceptors (Lipinski definition) is 10. The zero-order chi connectivity index (χ0) is 42.6. The van der Waals surface area contributed by atoms with Gasteiger partial charge in [-0.15, -0.1) is 6.58 Å². The SMILES string of the molecule is C=CCOC12Oc3ccc(OCc4ccccc4F)cc3C3C(CCCCO)C(CCCCO)C=C(C(=NOC)CC1N(CCC)C(=O)C=Cc1ccc([N+](=O)[O-])cc1)C32. The number of fused-ring (bicyclic) bond motifs is 2. The van der Waals surface area contributed by atoms with Gasteiger partial charge in [-0.2, -0.15) is 0 Å². The summed E-state index contributed by atoms with van der Waals surface area (Å²) in [5, 5.41) is 35.6. The quantitative estimate of drug-likeness (QED) is 0.0354. The molecule has 3 aliphatic rings. The van der Waals surface area contributed by atoms with Gasteiger partial charge in [0.2, 0.25) is 11.7 Å². The fraction of sp³-hybridized carbons (Fsp3) is 0.447. The van der Waals surface area contributed by atoms with Crippen molar-refractivity contribution in [3.63, 3.8) is 0 Å². The van der Waals surface area contributed by atoms with Gasteiger partial charge in [0.1, 0.15) is 37.1 Å². The predicted octanol–water partition coefficient (Wildman–Crippen LogP) is 8.53. The van der Waals surface area contributed by atoms with E-state index in [2.05, 4.69) is 17.8 Å². The van der Waals surface area contributed by atoms with Gasteiger partial charge in [-0.1, -0.05) is 55.3 Å². The van der Waals surface area contributed by atoms with E-state index in [0.717, 1.165) is 36.8 Å². The van der Waals surface area contributed by atoms with Crippen molar-refractivity contribution < 1.29 is 43.4 Å². The number of allylic oxidation sites excluding steroid dienone is 1. The molecule has 6 atom stereocenters. The number of halogens is 1. The van der Waals surface area contributed by atoms with Crippen molar-refractivity contribution in [1.82, 2.24) is 4.90 Å². The fourth-order valence-electron chi connectivity index (χ4n) is 9.26. The smallest absolute Gasteiger partial charge is 0.269 e. The molecule has 0 saturated heterocycles. The Morgan fingerprint density at radius 1 is 1.08 bits per heavy atom. The molecule has 320 valence electrons. The molecule has 12 nitrogen and oxygen atoms in total. The van der Waals surface area contributed by atoms with Crippen LogP contribution in [0.2, 0.25) is 0 Å². The van der Waals surface area contributed by atoms with E-state index in [9.17, 15) is 29.5 Å². The Bertz CT molecular complexity index is 2050. The highest BCUT2D eigenvalue weighted by molar-refractivity contribution is 6.03. The molecule has 1 saturated carbocycles. The van der Waals surface area contributed by atoms with Crippen LogP contribution >= 0.6 is 0 Å². The minimum Gasteiger partial charge on any atom is -0.489 e. The van der Waals surface area contributed by atoms with Crippen LogP contribution in [0.4, 0.5) is 10.1 Å².